The summed E-state index contributed by atoms with van der Waals surface area (Å²) in [6.45, 7) is 5.96. The molecule has 1 fully saturated rings. The molecule has 0 unspecified atom stereocenters. The van der Waals surface area contributed by atoms with Gasteiger partial charge in [-0.25, -0.2) is 0 Å². The number of nitrogens with zero attached hydrogens (tertiary/aromatic N) is 3. The smallest absolute Gasteiger partial charge is 0.245 e. The highest BCUT2D eigenvalue weighted by molar-refractivity contribution is 5.80. The molecule has 1 aromatic carbocycles. The lowest BCUT2D eigenvalue weighted by atomic mass is 10.1. The van der Waals surface area contributed by atoms with Gasteiger partial charge in [0.1, 0.15) is 6.04 Å². The first kappa shape index (κ1) is 16.7. The Morgan fingerprint density at radius 3 is 2.75 bits per heavy atom. The summed E-state index contributed by atoms with van der Waals surface area (Å²) in [5, 5.41) is 7.23. The zero-order chi connectivity index (χ0) is 16.8. The second-order valence-electron chi connectivity index (χ2n) is 6.43. The lowest BCUT2D eigenvalue weighted by Gasteiger charge is -2.17. The molecule has 1 aliphatic rings. The van der Waals surface area contributed by atoms with E-state index in [4.69, 9.17) is 0 Å². The lowest BCUT2D eigenvalue weighted by molar-refractivity contribution is -0.124. The second-order valence-corrected chi connectivity index (χ2v) is 6.43. The average Bonchev–Trinajstić information content (AvgIpc) is 3.28. The van der Waals surface area contributed by atoms with E-state index in [1.54, 1.807) is 10.9 Å². The van der Waals surface area contributed by atoms with E-state index in [0.29, 0.717) is 6.54 Å². The van der Waals surface area contributed by atoms with Gasteiger partial charge >= 0.3 is 0 Å². The van der Waals surface area contributed by atoms with Crippen molar-refractivity contribution in [2.45, 2.75) is 45.3 Å². The van der Waals surface area contributed by atoms with Crippen molar-refractivity contribution in [1.82, 2.24) is 20.0 Å². The van der Waals surface area contributed by atoms with Crippen molar-refractivity contribution < 1.29 is 4.79 Å². The highest BCUT2D eigenvalue weighted by Gasteiger charge is 2.18. The molecule has 0 radical (unpaired) electrons. The van der Waals surface area contributed by atoms with E-state index >= 15 is 0 Å². The molecule has 5 nitrogen and oxygen atoms in total. The van der Waals surface area contributed by atoms with Crippen molar-refractivity contribution in [3.8, 4) is 0 Å². The van der Waals surface area contributed by atoms with Crippen LogP contribution in [0.25, 0.3) is 0 Å². The number of carbonyl (C=O) groups is 1. The van der Waals surface area contributed by atoms with Gasteiger partial charge < -0.3 is 5.32 Å². The number of rotatable bonds is 7. The zero-order valence-electron chi connectivity index (χ0n) is 14.3. The fourth-order valence-corrected chi connectivity index (χ4v) is 3.30. The first-order valence-corrected chi connectivity index (χ1v) is 8.83. The van der Waals surface area contributed by atoms with Crippen LogP contribution in [0, 0.1) is 0 Å². The molecule has 0 spiro atoms. The van der Waals surface area contributed by atoms with E-state index < -0.39 is 0 Å². The summed E-state index contributed by atoms with van der Waals surface area (Å²) in [5.41, 5.74) is 2.47. The second kappa shape index (κ2) is 8.11. The van der Waals surface area contributed by atoms with Crippen LogP contribution >= 0.6 is 0 Å². The summed E-state index contributed by atoms with van der Waals surface area (Å²) in [7, 11) is 0. The standard InChI is InChI=1S/C19H26N4O/c1-2-18(23-12-6-9-21-23)19(24)20-14-16-7-5-8-17(13-16)15-22-10-3-4-11-22/h5-9,12-13,18H,2-4,10-11,14-15H2,1H3,(H,20,24)/t18-/m0/s1. The minimum atomic E-state index is -0.243. The van der Waals surface area contributed by atoms with Crippen LogP contribution in [0.4, 0.5) is 0 Å². The molecule has 1 saturated heterocycles. The molecule has 0 bridgehead atoms. The maximum absolute atomic E-state index is 12.4. The Morgan fingerprint density at radius 2 is 2.04 bits per heavy atom. The third kappa shape index (κ3) is 4.23. The third-order valence-corrected chi connectivity index (χ3v) is 4.60. The van der Waals surface area contributed by atoms with Crippen molar-refractivity contribution in [3.63, 3.8) is 0 Å². The number of benzene rings is 1. The third-order valence-electron chi connectivity index (χ3n) is 4.60. The van der Waals surface area contributed by atoms with E-state index in [1.807, 2.05) is 19.2 Å². The van der Waals surface area contributed by atoms with Crippen molar-refractivity contribution in [3.05, 3.63) is 53.9 Å². The van der Waals surface area contributed by atoms with Gasteiger partial charge in [-0.3, -0.25) is 14.4 Å². The molecule has 128 valence electrons. The number of amides is 1. The van der Waals surface area contributed by atoms with Gasteiger partial charge in [0, 0.05) is 25.5 Å². The first-order chi connectivity index (χ1) is 11.8. The highest BCUT2D eigenvalue weighted by atomic mass is 16.2. The van der Waals surface area contributed by atoms with Crippen LogP contribution in [0.2, 0.25) is 0 Å². The van der Waals surface area contributed by atoms with E-state index in [9.17, 15) is 4.79 Å². The SMILES string of the molecule is CC[C@@H](C(=O)NCc1cccc(CN2CCCC2)c1)n1cccn1. The van der Waals surface area contributed by atoms with Crippen molar-refractivity contribution in [2.24, 2.45) is 0 Å². The van der Waals surface area contributed by atoms with Crippen LogP contribution in [0.5, 0.6) is 0 Å². The van der Waals surface area contributed by atoms with E-state index in [2.05, 4.69) is 39.6 Å². The predicted octanol–water partition coefficient (Wildman–Crippen LogP) is 2.75. The minimum absolute atomic E-state index is 0.0196. The summed E-state index contributed by atoms with van der Waals surface area (Å²) in [6.07, 6.45) is 6.88. The van der Waals surface area contributed by atoms with Gasteiger partial charge in [-0.1, -0.05) is 31.2 Å². The van der Waals surface area contributed by atoms with Crippen LogP contribution in [-0.4, -0.2) is 33.7 Å². The fourth-order valence-electron chi connectivity index (χ4n) is 3.30. The Labute approximate surface area is 143 Å². The first-order valence-electron chi connectivity index (χ1n) is 8.83. The summed E-state index contributed by atoms with van der Waals surface area (Å²) in [5.74, 6) is 0.0196. The Bertz CT molecular complexity index is 647. The molecular weight excluding hydrogens is 300 g/mol. The maximum Gasteiger partial charge on any atom is 0.245 e. The van der Waals surface area contributed by atoms with Crippen LogP contribution in [0.3, 0.4) is 0 Å². The summed E-state index contributed by atoms with van der Waals surface area (Å²) in [4.78, 5) is 14.9. The molecule has 1 aromatic heterocycles. The van der Waals surface area contributed by atoms with Gasteiger partial charge in [0.25, 0.3) is 0 Å². The van der Waals surface area contributed by atoms with Gasteiger partial charge in [0.2, 0.25) is 5.91 Å². The lowest BCUT2D eigenvalue weighted by Crippen LogP contribution is -2.32. The van der Waals surface area contributed by atoms with Gasteiger partial charge in [0.05, 0.1) is 0 Å². The monoisotopic (exact) mass is 326 g/mol. The molecule has 2 aromatic rings. The van der Waals surface area contributed by atoms with Gasteiger partial charge in [-0.15, -0.1) is 0 Å². The number of hydrogen-bond donors (Lipinski definition) is 1. The molecule has 5 heteroatoms. The largest absolute Gasteiger partial charge is 0.350 e. The quantitative estimate of drug-likeness (QED) is 0.851. The Balaban J connectivity index is 1.56. The Kier molecular flexibility index (Phi) is 5.64. The van der Waals surface area contributed by atoms with Crippen molar-refractivity contribution in [1.29, 1.82) is 0 Å². The number of aromatic nitrogens is 2. The summed E-state index contributed by atoms with van der Waals surface area (Å²) < 4.78 is 1.72. The van der Waals surface area contributed by atoms with Crippen LogP contribution in [0.1, 0.15) is 43.4 Å². The number of nitrogens with one attached hydrogen (secondary N) is 1. The van der Waals surface area contributed by atoms with Crippen molar-refractivity contribution >= 4 is 5.91 Å². The Hall–Kier alpha value is -2.14. The number of carbonyl (C=O) groups excluding carboxylic acids is 1. The average molecular weight is 326 g/mol. The number of hydrogen-bond acceptors (Lipinski definition) is 3. The molecule has 0 saturated carbocycles. The summed E-state index contributed by atoms with van der Waals surface area (Å²) in [6, 6.07) is 10.1. The molecule has 2 heterocycles. The fraction of sp³-hybridized carbons (Fsp3) is 0.474. The van der Waals surface area contributed by atoms with E-state index in [-0.39, 0.29) is 11.9 Å². The highest BCUT2D eigenvalue weighted by Crippen LogP contribution is 2.14. The molecule has 1 amide bonds. The number of likely N-dealkylation sites (tertiary alicyclic amines) is 1. The van der Waals surface area contributed by atoms with E-state index in [1.165, 1.54) is 31.5 Å². The summed E-state index contributed by atoms with van der Waals surface area (Å²) >= 11 is 0. The molecule has 3 rings (SSSR count). The van der Waals surface area contributed by atoms with Crippen LogP contribution in [0.15, 0.2) is 42.7 Å². The molecular formula is C19H26N4O. The predicted molar refractivity (Wildman–Crippen MR) is 94.4 cm³/mol. The molecule has 1 N–H and O–H groups in total. The molecule has 0 aliphatic carbocycles. The van der Waals surface area contributed by atoms with Gasteiger partial charge in [0.15, 0.2) is 0 Å². The topological polar surface area (TPSA) is 50.2 Å². The maximum atomic E-state index is 12.4. The van der Waals surface area contributed by atoms with Crippen molar-refractivity contribution in [2.75, 3.05) is 13.1 Å². The van der Waals surface area contributed by atoms with E-state index in [0.717, 1.165) is 18.5 Å². The van der Waals surface area contributed by atoms with Gasteiger partial charge in [-0.2, -0.15) is 5.10 Å². The molecule has 1 atom stereocenters. The van der Waals surface area contributed by atoms with Gasteiger partial charge in [-0.05, 0) is 49.5 Å². The van der Waals surface area contributed by atoms with Crippen LogP contribution < -0.4 is 5.32 Å². The Morgan fingerprint density at radius 1 is 1.25 bits per heavy atom. The van der Waals surface area contributed by atoms with Crippen LogP contribution in [-0.2, 0) is 17.9 Å². The minimum Gasteiger partial charge on any atom is -0.350 e. The zero-order valence-corrected chi connectivity index (χ0v) is 14.3. The molecule has 1 aliphatic heterocycles. The normalized spacial score (nSPS) is 16.2. The molecule has 24 heavy (non-hydrogen) atoms.